The first kappa shape index (κ1) is 12.0. The number of methoxy groups -OCH3 is 1. The highest BCUT2D eigenvalue weighted by atomic mass is 16.7. The maximum Gasteiger partial charge on any atom is 0.146 e. The highest BCUT2D eigenvalue weighted by Gasteiger charge is 2.31. The Labute approximate surface area is 88.0 Å². The van der Waals surface area contributed by atoms with Crippen molar-refractivity contribution >= 4 is 0 Å². The van der Waals surface area contributed by atoms with Crippen molar-refractivity contribution in [3.8, 4) is 0 Å². The van der Waals surface area contributed by atoms with Gasteiger partial charge in [-0.3, -0.25) is 0 Å². The molecule has 2 heteroatoms. The maximum atomic E-state index is 5.75. The van der Waals surface area contributed by atoms with Gasteiger partial charge in [-0.25, -0.2) is 0 Å². The molecule has 0 bridgehead atoms. The molecule has 0 unspecified atom stereocenters. The Bertz CT molecular complexity index is 156. The van der Waals surface area contributed by atoms with Crippen molar-refractivity contribution in [2.45, 2.75) is 46.1 Å². The second-order valence-electron chi connectivity index (χ2n) is 4.94. The van der Waals surface area contributed by atoms with Crippen LogP contribution in [-0.2, 0) is 9.47 Å². The Balaban J connectivity index is 2.45. The molecular formula is C12H24O2. The second kappa shape index (κ2) is 5.72. The predicted molar refractivity (Wildman–Crippen MR) is 58.1 cm³/mol. The molecule has 1 fully saturated rings. The van der Waals surface area contributed by atoms with E-state index in [0.717, 1.165) is 17.8 Å². The van der Waals surface area contributed by atoms with Crippen LogP contribution >= 0.6 is 0 Å². The fraction of sp³-hybridized carbons (Fsp3) is 1.00. The van der Waals surface area contributed by atoms with Crippen LogP contribution in [0.25, 0.3) is 0 Å². The van der Waals surface area contributed by atoms with Crippen molar-refractivity contribution in [2.24, 2.45) is 17.8 Å². The van der Waals surface area contributed by atoms with Crippen molar-refractivity contribution in [1.29, 1.82) is 0 Å². The number of hydrogen-bond donors (Lipinski definition) is 0. The fourth-order valence-electron chi connectivity index (χ4n) is 2.46. The van der Waals surface area contributed by atoms with Gasteiger partial charge in [0.05, 0.1) is 6.10 Å². The molecule has 0 amide bonds. The quantitative estimate of drug-likeness (QED) is 0.649. The molecule has 2 nitrogen and oxygen atoms in total. The molecule has 1 saturated carbocycles. The molecule has 1 aliphatic carbocycles. The molecule has 1 rings (SSSR count). The van der Waals surface area contributed by atoms with E-state index in [-0.39, 0.29) is 0 Å². The standard InChI is InChI=1S/C12H24O2/c1-9(2)11-6-5-10(3)7-12(11)14-8-13-4/h9-12H,5-8H2,1-4H3/t10-,11+,12-/m1/s1. The normalized spacial score (nSPS) is 33.6. The predicted octanol–water partition coefficient (Wildman–Crippen LogP) is 3.07. The summed E-state index contributed by atoms with van der Waals surface area (Å²) in [5.74, 6) is 2.26. The van der Waals surface area contributed by atoms with E-state index >= 15 is 0 Å². The molecule has 84 valence electrons. The van der Waals surface area contributed by atoms with Gasteiger partial charge in [0, 0.05) is 7.11 Å². The van der Waals surface area contributed by atoms with Crippen LogP contribution in [0, 0.1) is 17.8 Å². The molecule has 0 radical (unpaired) electrons. The number of rotatable bonds is 4. The first-order valence-corrected chi connectivity index (χ1v) is 5.75. The summed E-state index contributed by atoms with van der Waals surface area (Å²) in [6.07, 6.45) is 4.29. The average molecular weight is 200 g/mol. The highest BCUT2D eigenvalue weighted by molar-refractivity contribution is 4.80. The number of hydrogen-bond acceptors (Lipinski definition) is 2. The maximum absolute atomic E-state index is 5.75. The summed E-state index contributed by atoms with van der Waals surface area (Å²) in [7, 11) is 1.69. The van der Waals surface area contributed by atoms with Gasteiger partial charge < -0.3 is 9.47 Å². The molecule has 0 saturated heterocycles. The molecule has 0 aromatic heterocycles. The van der Waals surface area contributed by atoms with Crippen molar-refractivity contribution in [1.82, 2.24) is 0 Å². The van der Waals surface area contributed by atoms with Crippen LogP contribution in [0.5, 0.6) is 0 Å². The lowest BCUT2D eigenvalue weighted by Gasteiger charge is -2.36. The van der Waals surface area contributed by atoms with Gasteiger partial charge in [0.25, 0.3) is 0 Å². The topological polar surface area (TPSA) is 18.5 Å². The minimum absolute atomic E-state index is 0.415. The smallest absolute Gasteiger partial charge is 0.146 e. The van der Waals surface area contributed by atoms with E-state index in [0.29, 0.717) is 12.9 Å². The van der Waals surface area contributed by atoms with Crippen LogP contribution in [0.15, 0.2) is 0 Å². The lowest BCUT2D eigenvalue weighted by molar-refractivity contribution is -0.115. The molecule has 0 aliphatic heterocycles. The Morgan fingerprint density at radius 1 is 1.29 bits per heavy atom. The Kier molecular flexibility index (Phi) is 4.90. The molecule has 14 heavy (non-hydrogen) atoms. The van der Waals surface area contributed by atoms with Crippen molar-refractivity contribution < 1.29 is 9.47 Å². The van der Waals surface area contributed by atoms with Crippen LogP contribution in [0.2, 0.25) is 0 Å². The van der Waals surface area contributed by atoms with Crippen LogP contribution in [-0.4, -0.2) is 20.0 Å². The van der Waals surface area contributed by atoms with Crippen LogP contribution in [0.1, 0.15) is 40.0 Å². The van der Waals surface area contributed by atoms with Gasteiger partial charge in [0.2, 0.25) is 0 Å². The average Bonchev–Trinajstić information content (AvgIpc) is 2.14. The highest BCUT2D eigenvalue weighted by Crippen LogP contribution is 2.35. The monoisotopic (exact) mass is 200 g/mol. The Hall–Kier alpha value is -0.0800. The van der Waals surface area contributed by atoms with E-state index in [1.165, 1.54) is 19.3 Å². The summed E-state index contributed by atoms with van der Waals surface area (Å²) in [5, 5.41) is 0. The van der Waals surface area contributed by atoms with Gasteiger partial charge in [-0.1, -0.05) is 27.2 Å². The van der Waals surface area contributed by atoms with Gasteiger partial charge in [0.15, 0.2) is 0 Å². The van der Waals surface area contributed by atoms with E-state index in [9.17, 15) is 0 Å². The van der Waals surface area contributed by atoms with Gasteiger partial charge in [-0.15, -0.1) is 0 Å². The zero-order valence-corrected chi connectivity index (χ0v) is 9.95. The largest absolute Gasteiger partial charge is 0.359 e. The lowest BCUT2D eigenvalue weighted by Crippen LogP contribution is -2.34. The van der Waals surface area contributed by atoms with Crippen molar-refractivity contribution in [3.05, 3.63) is 0 Å². The summed E-state index contributed by atoms with van der Waals surface area (Å²) >= 11 is 0. The fourth-order valence-corrected chi connectivity index (χ4v) is 2.46. The van der Waals surface area contributed by atoms with Crippen molar-refractivity contribution in [3.63, 3.8) is 0 Å². The Morgan fingerprint density at radius 2 is 2.00 bits per heavy atom. The third-order valence-corrected chi connectivity index (χ3v) is 3.36. The first-order valence-electron chi connectivity index (χ1n) is 5.75. The molecule has 0 spiro atoms. The minimum atomic E-state index is 0.415. The van der Waals surface area contributed by atoms with Gasteiger partial charge in [0.1, 0.15) is 6.79 Å². The van der Waals surface area contributed by atoms with Gasteiger partial charge in [-0.2, -0.15) is 0 Å². The summed E-state index contributed by atoms with van der Waals surface area (Å²) in [6, 6.07) is 0. The van der Waals surface area contributed by atoms with E-state index in [2.05, 4.69) is 20.8 Å². The summed E-state index contributed by atoms with van der Waals surface area (Å²) in [4.78, 5) is 0. The minimum Gasteiger partial charge on any atom is -0.359 e. The van der Waals surface area contributed by atoms with E-state index in [1.807, 2.05) is 0 Å². The van der Waals surface area contributed by atoms with E-state index < -0.39 is 0 Å². The van der Waals surface area contributed by atoms with Crippen LogP contribution in [0.3, 0.4) is 0 Å². The Morgan fingerprint density at radius 3 is 2.57 bits per heavy atom. The first-order chi connectivity index (χ1) is 6.65. The molecule has 0 heterocycles. The summed E-state index contributed by atoms with van der Waals surface area (Å²) in [6.45, 7) is 7.36. The SMILES string of the molecule is COCO[C@@H]1C[C@H](C)CC[C@H]1C(C)C. The number of ether oxygens (including phenoxy) is 2. The zero-order chi connectivity index (χ0) is 10.6. The summed E-state index contributed by atoms with van der Waals surface area (Å²) < 4.78 is 10.7. The molecule has 1 aliphatic rings. The molecule has 3 atom stereocenters. The molecular weight excluding hydrogens is 176 g/mol. The lowest BCUT2D eigenvalue weighted by atomic mass is 9.75. The second-order valence-corrected chi connectivity index (χ2v) is 4.94. The van der Waals surface area contributed by atoms with E-state index in [1.54, 1.807) is 7.11 Å². The van der Waals surface area contributed by atoms with Gasteiger partial charge in [-0.05, 0) is 30.6 Å². The van der Waals surface area contributed by atoms with Crippen LogP contribution in [0.4, 0.5) is 0 Å². The van der Waals surface area contributed by atoms with Crippen LogP contribution < -0.4 is 0 Å². The van der Waals surface area contributed by atoms with Crippen molar-refractivity contribution in [2.75, 3.05) is 13.9 Å². The zero-order valence-electron chi connectivity index (χ0n) is 9.95. The summed E-state index contributed by atoms with van der Waals surface area (Å²) in [5.41, 5.74) is 0. The third-order valence-electron chi connectivity index (χ3n) is 3.36. The van der Waals surface area contributed by atoms with E-state index in [4.69, 9.17) is 9.47 Å². The molecule has 0 N–H and O–H groups in total. The molecule has 0 aromatic carbocycles. The third kappa shape index (κ3) is 3.25. The van der Waals surface area contributed by atoms with Gasteiger partial charge >= 0.3 is 0 Å². The molecule has 0 aromatic rings.